The summed E-state index contributed by atoms with van der Waals surface area (Å²) in [4.78, 5) is 2.54. The third-order valence-corrected chi connectivity index (χ3v) is 4.62. The Kier molecular flexibility index (Phi) is 4.41. The Morgan fingerprint density at radius 3 is 2.94 bits per heavy atom. The molecule has 1 aromatic rings. The summed E-state index contributed by atoms with van der Waals surface area (Å²) < 4.78 is 6.13. The molecule has 0 bridgehead atoms. The molecule has 2 heterocycles. The largest absolute Gasteiger partial charge is 0.465 e. The molecule has 0 saturated carbocycles. The van der Waals surface area contributed by atoms with E-state index in [1.807, 2.05) is 7.05 Å². The van der Waals surface area contributed by atoms with E-state index in [2.05, 4.69) is 48.8 Å². The lowest BCUT2D eigenvalue weighted by Crippen LogP contribution is -2.42. The molecule has 2 rings (SSSR count). The Morgan fingerprint density at radius 2 is 2.28 bits per heavy atom. The molecule has 1 fully saturated rings. The van der Waals surface area contributed by atoms with Crippen LogP contribution in [0.25, 0.3) is 0 Å². The lowest BCUT2D eigenvalue weighted by atomic mass is 10.1. The fourth-order valence-corrected chi connectivity index (χ4v) is 3.67. The van der Waals surface area contributed by atoms with Gasteiger partial charge in [-0.1, -0.05) is 0 Å². The standard InChI is InChI=1S/C14H24N2OS/c1-11-12(7-13(17-11)8-15-4)9-16-5-6-18-14(2,3)10-16/h7,15H,5-6,8-10H2,1-4H3. The van der Waals surface area contributed by atoms with E-state index >= 15 is 0 Å². The molecule has 0 amide bonds. The number of nitrogens with one attached hydrogen (secondary N) is 1. The van der Waals surface area contributed by atoms with Gasteiger partial charge in [-0.2, -0.15) is 11.8 Å². The average molecular weight is 268 g/mol. The molecule has 0 radical (unpaired) electrons. The first-order valence-corrected chi connectivity index (χ1v) is 7.58. The van der Waals surface area contributed by atoms with Gasteiger partial charge in [0.2, 0.25) is 0 Å². The van der Waals surface area contributed by atoms with Gasteiger partial charge in [-0.05, 0) is 33.9 Å². The molecule has 1 aromatic heterocycles. The Bertz CT molecular complexity index is 400. The minimum absolute atomic E-state index is 0.379. The normalized spacial score (nSPS) is 20.2. The third kappa shape index (κ3) is 3.53. The molecule has 4 heteroatoms. The van der Waals surface area contributed by atoms with Gasteiger partial charge >= 0.3 is 0 Å². The number of nitrogens with zero attached hydrogens (tertiary/aromatic N) is 1. The number of thioether (sulfide) groups is 1. The molecule has 18 heavy (non-hydrogen) atoms. The van der Waals surface area contributed by atoms with Crippen LogP contribution < -0.4 is 5.32 Å². The zero-order valence-corrected chi connectivity index (χ0v) is 12.7. The topological polar surface area (TPSA) is 28.4 Å². The Hall–Kier alpha value is -0.450. The van der Waals surface area contributed by atoms with Crippen LogP contribution in [-0.4, -0.2) is 35.5 Å². The first-order valence-electron chi connectivity index (χ1n) is 6.59. The minimum Gasteiger partial charge on any atom is -0.465 e. The smallest absolute Gasteiger partial charge is 0.118 e. The van der Waals surface area contributed by atoms with E-state index in [9.17, 15) is 0 Å². The lowest BCUT2D eigenvalue weighted by molar-refractivity contribution is 0.251. The maximum absolute atomic E-state index is 5.75. The number of aryl methyl sites for hydroxylation is 1. The van der Waals surface area contributed by atoms with Crippen LogP contribution in [0, 0.1) is 6.92 Å². The Labute approximate surface area is 114 Å². The van der Waals surface area contributed by atoms with Gasteiger partial charge in [0.25, 0.3) is 0 Å². The quantitative estimate of drug-likeness (QED) is 0.909. The number of hydrogen-bond acceptors (Lipinski definition) is 4. The van der Waals surface area contributed by atoms with Crippen LogP contribution in [0.5, 0.6) is 0 Å². The zero-order chi connectivity index (χ0) is 13.2. The molecule has 1 N–H and O–H groups in total. The third-order valence-electron chi connectivity index (χ3n) is 3.32. The highest BCUT2D eigenvalue weighted by molar-refractivity contribution is 8.00. The van der Waals surface area contributed by atoms with Crippen molar-refractivity contribution in [1.29, 1.82) is 0 Å². The van der Waals surface area contributed by atoms with E-state index in [-0.39, 0.29) is 0 Å². The summed E-state index contributed by atoms with van der Waals surface area (Å²) in [7, 11) is 1.95. The second-order valence-corrected chi connectivity index (χ2v) is 7.45. The van der Waals surface area contributed by atoms with Gasteiger partial charge in [-0.25, -0.2) is 0 Å². The maximum Gasteiger partial charge on any atom is 0.118 e. The van der Waals surface area contributed by atoms with Crippen molar-refractivity contribution < 1.29 is 4.42 Å². The maximum atomic E-state index is 5.75. The van der Waals surface area contributed by atoms with Crippen molar-refractivity contribution in [2.24, 2.45) is 0 Å². The predicted molar refractivity (Wildman–Crippen MR) is 78.0 cm³/mol. The summed E-state index contributed by atoms with van der Waals surface area (Å²) in [5.74, 6) is 3.33. The molecule has 0 spiro atoms. The second kappa shape index (κ2) is 5.68. The van der Waals surface area contributed by atoms with Gasteiger partial charge in [0, 0.05) is 35.7 Å². The van der Waals surface area contributed by atoms with E-state index < -0.39 is 0 Å². The highest BCUT2D eigenvalue weighted by Crippen LogP contribution is 2.30. The molecule has 1 aliphatic heterocycles. The van der Waals surface area contributed by atoms with E-state index in [1.54, 1.807) is 0 Å². The second-order valence-electron chi connectivity index (χ2n) is 5.64. The average Bonchev–Trinajstić information content (AvgIpc) is 2.58. The summed E-state index contributed by atoms with van der Waals surface area (Å²) in [5, 5.41) is 3.13. The first-order chi connectivity index (χ1) is 8.50. The first kappa shape index (κ1) is 14.0. The van der Waals surface area contributed by atoms with Crippen LogP contribution in [0.2, 0.25) is 0 Å². The molecular weight excluding hydrogens is 244 g/mol. The summed E-state index contributed by atoms with van der Waals surface area (Å²) >= 11 is 2.08. The van der Waals surface area contributed by atoms with Crippen molar-refractivity contribution >= 4 is 11.8 Å². The van der Waals surface area contributed by atoms with Crippen LogP contribution in [0.1, 0.15) is 30.9 Å². The lowest BCUT2D eigenvalue weighted by Gasteiger charge is -2.37. The number of hydrogen-bond donors (Lipinski definition) is 1. The Balaban J connectivity index is 2.00. The van der Waals surface area contributed by atoms with Crippen LogP contribution in [0.4, 0.5) is 0 Å². The van der Waals surface area contributed by atoms with Crippen molar-refractivity contribution in [1.82, 2.24) is 10.2 Å². The van der Waals surface area contributed by atoms with Crippen molar-refractivity contribution in [2.45, 2.75) is 38.6 Å². The van der Waals surface area contributed by atoms with Crippen LogP contribution >= 0.6 is 11.8 Å². The van der Waals surface area contributed by atoms with Crippen molar-refractivity contribution in [3.8, 4) is 0 Å². The monoisotopic (exact) mass is 268 g/mol. The van der Waals surface area contributed by atoms with Gasteiger partial charge in [-0.3, -0.25) is 4.90 Å². The SMILES string of the molecule is CNCc1cc(CN2CCSC(C)(C)C2)c(C)o1. The molecule has 0 unspecified atom stereocenters. The van der Waals surface area contributed by atoms with Crippen molar-refractivity contribution in [3.05, 3.63) is 23.2 Å². The molecule has 1 aliphatic rings. The van der Waals surface area contributed by atoms with Crippen LogP contribution in [-0.2, 0) is 13.1 Å². The minimum atomic E-state index is 0.379. The van der Waals surface area contributed by atoms with Gasteiger partial charge in [0.15, 0.2) is 0 Å². The molecule has 0 aromatic carbocycles. The van der Waals surface area contributed by atoms with Gasteiger partial charge < -0.3 is 9.73 Å². The molecule has 0 aliphatic carbocycles. The molecule has 102 valence electrons. The Morgan fingerprint density at radius 1 is 1.50 bits per heavy atom. The summed E-state index contributed by atoms with van der Waals surface area (Å²) in [6.45, 7) is 10.9. The van der Waals surface area contributed by atoms with Gasteiger partial charge in [-0.15, -0.1) is 0 Å². The van der Waals surface area contributed by atoms with E-state index in [1.165, 1.54) is 17.9 Å². The molecule has 3 nitrogen and oxygen atoms in total. The fourth-order valence-electron chi connectivity index (χ4n) is 2.50. The zero-order valence-electron chi connectivity index (χ0n) is 11.9. The van der Waals surface area contributed by atoms with Crippen LogP contribution in [0.15, 0.2) is 10.5 Å². The predicted octanol–water partition coefficient (Wildman–Crippen LogP) is 2.63. The summed E-state index contributed by atoms with van der Waals surface area (Å²) in [6.07, 6.45) is 0. The van der Waals surface area contributed by atoms with Crippen molar-refractivity contribution in [3.63, 3.8) is 0 Å². The van der Waals surface area contributed by atoms with Crippen molar-refractivity contribution in [2.75, 3.05) is 25.9 Å². The molecule has 1 saturated heterocycles. The van der Waals surface area contributed by atoms with E-state index in [0.29, 0.717) is 4.75 Å². The molecule has 0 atom stereocenters. The number of rotatable bonds is 4. The van der Waals surface area contributed by atoms with Crippen LogP contribution in [0.3, 0.4) is 0 Å². The summed E-state index contributed by atoms with van der Waals surface area (Å²) in [6, 6.07) is 2.20. The fraction of sp³-hybridized carbons (Fsp3) is 0.714. The highest BCUT2D eigenvalue weighted by Gasteiger charge is 2.27. The van der Waals surface area contributed by atoms with Gasteiger partial charge in [0.1, 0.15) is 11.5 Å². The van der Waals surface area contributed by atoms with E-state index in [0.717, 1.165) is 31.2 Å². The summed E-state index contributed by atoms with van der Waals surface area (Å²) in [5.41, 5.74) is 1.34. The number of furan rings is 1. The molecular formula is C14H24N2OS. The highest BCUT2D eigenvalue weighted by atomic mass is 32.2. The van der Waals surface area contributed by atoms with E-state index in [4.69, 9.17) is 4.42 Å². The van der Waals surface area contributed by atoms with Gasteiger partial charge in [0.05, 0.1) is 6.54 Å².